The Morgan fingerprint density at radius 1 is 1.24 bits per heavy atom. The molecule has 0 amide bonds. The summed E-state index contributed by atoms with van der Waals surface area (Å²) >= 11 is 0. The van der Waals surface area contributed by atoms with Crippen LogP contribution in [0.3, 0.4) is 0 Å². The Labute approximate surface area is 126 Å². The van der Waals surface area contributed by atoms with Gasteiger partial charge in [-0.15, -0.1) is 0 Å². The molecular weight excluding hydrogens is 269 g/mol. The molecule has 0 fully saturated rings. The van der Waals surface area contributed by atoms with E-state index in [9.17, 15) is 9.18 Å². The van der Waals surface area contributed by atoms with Crippen molar-refractivity contribution in [3.63, 3.8) is 0 Å². The topological polar surface area (TPSA) is 40.5 Å². The van der Waals surface area contributed by atoms with E-state index in [2.05, 4.69) is 25.8 Å². The van der Waals surface area contributed by atoms with Gasteiger partial charge in [-0.25, -0.2) is 4.39 Å². The smallest absolute Gasteiger partial charge is 0.303 e. The van der Waals surface area contributed by atoms with Gasteiger partial charge >= 0.3 is 5.97 Å². The standard InChI is InChI=1S/C17H26FNO2/c1-13(2)16(12-14-7-9-15(18)10-8-14)19(3)11-5-4-6-17(20)21/h7-10,13,16H,4-6,11-12H2,1-3H3,(H,20,21). The molecule has 1 aromatic carbocycles. The maximum absolute atomic E-state index is 13.0. The molecular formula is C17H26FNO2. The lowest BCUT2D eigenvalue weighted by atomic mass is 9.95. The van der Waals surface area contributed by atoms with Gasteiger partial charge in [-0.05, 0) is 56.5 Å². The number of halogens is 1. The van der Waals surface area contributed by atoms with Crippen LogP contribution in [-0.4, -0.2) is 35.6 Å². The molecule has 0 aliphatic carbocycles. The summed E-state index contributed by atoms with van der Waals surface area (Å²) in [5.41, 5.74) is 1.13. The van der Waals surface area contributed by atoms with Gasteiger partial charge in [0.15, 0.2) is 0 Å². The van der Waals surface area contributed by atoms with Crippen molar-refractivity contribution < 1.29 is 14.3 Å². The lowest BCUT2D eigenvalue weighted by molar-refractivity contribution is -0.137. The van der Waals surface area contributed by atoms with Crippen molar-refractivity contribution in [3.05, 3.63) is 35.6 Å². The second-order valence-electron chi connectivity index (χ2n) is 5.97. The number of carboxylic acid groups (broad SMARTS) is 1. The number of nitrogens with zero attached hydrogens (tertiary/aromatic N) is 1. The Balaban J connectivity index is 2.51. The monoisotopic (exact) mass is 295 g/mol. The Morgan fingerprint density at radius 3 is 2.38 bits per heavy atom. The Bertz CT molecular complexity index is 431. The number of hydrogen-bond acceptors (Lipinski definition) is 2. The van der Waals surface area contributed by atoms with E-state index >= 15 is 0 Å². The van der Waals surface area contributed by atoms with Crippen molar-refractivity contribution >= 4 is 5.97 Å². The molecule has 0 saturated carbocycles. The first-order valence-electron chi connectivity index (χ1n) is 7.56. The number of carbonyl (C=O) groups is 1. The molecule has 0 radical (unpaired) electrons. The molecule has 118 valence electrons. The first-order chi connectivity index (χ1) is 9.90. The SMILES string of the molecule is CC(C)C(Cc1ccc(F)cc1)N(C)CCCCC(=O)O. The first kappa shape index (κ1) is 17.6. The summed E-state index contributed by atoms with van der Waals surface area (Å²) in [5, 5.41) is 8.65. The number of rotatable bonds is 9. The van der Waals surface area contributed by atoms with Crippen LogP contribution in [0.25, 0.3) is 0 Å². The Hall–Kier alpha value is -1.42. The van der Waals surface area contributed by atoms with Crippen molar-refractivity contribution in [1.82, 2.24) is 4.90 Å². The zero-order chi connectivity index (χ0) is 15.8. The second-order valence-corrected chi connectivity index (χ2v) is 5.97. The minimum Gasteiger partial charge on any atom is -0.481 e. The Kier molecular flexibility index (Phi) is 7.37. The van der Waals surface area contributed by atoms with E-state index in [-0.39, 0.29) is 12.2 Å². The second kappa shape index (κ2) is 8.78. The fourth-order valence-corrected chi connectivity index (χ4v) is 2.57. The van der Waals surface area contributed by atoms with E-state index in [0.29, 0.717) is 18.4 Å². The summed E-state index contributed by atoms with van der Waals surface area (Å²) in [6.07, 6.45) is 2.71. The zero-order valence-electron chi connectivity index (χ0n) is 13.2. The van der Waals surface area contributed by atoms with E-state index in [4.69, 9.17) is 5.11 Å². The summed E-state index contributed by atoms with van der Waals surface area (Å²) in [6.45, 7) is 5.25. The van der Waals surface area contributed by atoms with Crippen LogP contribution in [0.5, 0.6) is 0 Å². The molecule has 1 N–H and O–H groups in total. The van der Waals surface area contributed by atoms with Gasteiger partial charge in [-0.3, -0.25) is 4.79 Å². The average Bonchev–Trinajstić information content (AvgIpc) is 2.42. The van der Waals surface area contributed by atoms with Crippen molar-refractivity contribution in [3.8, 4) is 0 Å². The van der Waals surface area contributed by atoms with Gasteiger partial charge in [0.2, 0.25) is 0 Å². The van der Waals surface area contributed by atoms with Gasteiger partial charge in [0, 0.05) is 12.5 Å². The van der Waals surface area contributed by atoms with E-state index in [1.807, 2.05) is 12.1 Å². The van der Waals surface area contributed by atoms with Gasteiger partial charge < -0.3 is 10.0 Å². The summed E-state index contributed by atoms with van der Waals surface area (Å²) in [6, 6.07) is 7.05. The molecule has 0 heterocycles. The van der Waals surface area contributed by atoms with E-state index in [0.717, 1.165) is 24.9 Å². The van der Waals surface area contributed by atoms with Gasteiger partial charge in [-0.1, -0.05) is 26.0 Å². The van der Waals surface area contributed by atoms with Crippen LogP contribution >= 0.6 is 0 Å². The quantitative estimate of drug-likeness (QED) is 0.708. The number of carboxylic acids is 1. The zero-order valence-corrected chi connectivity index (χ0v) is 13.2. The number of likely N-dealkylation sites (N-methyl/N-ethyl adjacent to an activating group) is 1. The highest BCUT2D eigenvalue weighted by Crippen LogP contribution is 2.17. The van der Waals surface area contributed by atoms with Crippen LogP contribution in [0, 0.1) is 11.7 Å². The van der Waals surface area contributed by atoms with E-state index in [1.54, 1.807) is 0 Å². The molecule has 1 aromatic rings. The maximum atomic E-state index is 13.0. The van der Waals surface area contributed by atoms with Crippen molar-refractivity contribution in [1.29, 1.82) is 0 Å². The molecule has 0 saturated heterocycles. The third-order valence-corrected chi connectivity index (χ3v) is 3.85. The Morgan fingerprint density at radius 2 is 1.86 bits per heavy atom. The van der Waals surface area contributed by atoms with Crippen LogP contribution in [0.1, 0.15) is 38.7 Å². The summed E-state index contributed by atoms with van der Waals surface area (Å²) in [5.74, 6) is -0.453. The predicted octanol–water partition coefficient (Wildman–Crippen LogP) is 3.58. The van der Waals surface area contributed by atoms with Crippen LogP contribution in [0.15, 0.2) is 24.3 Å². The normalized spacial score (nSPS) is 12.9. The largest absolute Gasteiger partial charge is 0.481 e. The van der Waals surface area contributed by atoms with Gasteiger partial charge in [-0.2, -0.15) is 0 Å². The summed E-state index contributed by atoms with van der Waals surface area (Å²) in [4.78, 5) is 12.8. The highest BCUT2D eigenvalue weighted by atomic mass is 19.1. The van der Waals surface area contributed by atoms with Gasteiger partial charge in [0.1, 0.15) is 5.82 Å². The van der Waals surface area contributed by atoms with Crippen LogP contribution in [0.2, 0.25) is 0 Å². The first-order valence-corrected chi connectivity index (χ1v) is 7.56. The third-order valence-electron chi connectivity index (χ3n) is 3.85. The fourth-order valence-electron chi connectivity index (χ4n) is 2.57. The number of hydrogen-bond donors (Lipinski definition) is 1. The number of aliphatic carboxylic acids is 1. The molecule has 0 aliphatic heterocycles. The molecule has 0 aliphatic rings. The minimum atomic E-state index is -0.732. The highest BCUT2D eigenvalue weighted by molar-refractivity contribution is 5.66. The summed E-state index contributed by atoms with van der Waals surface area (Å²) in [7, 11) is 2.08. The van der Waals surface area contributed by atoms with Crippen LogP contribution in [-0.2, 0) is 11.2 Å². The lowest BCUT2D eigenvalue weighted by Crippen LogP contribution is -2.38. The predicted molar refractivity (Wildman–Crippen MR) is 82.8 cm³/mol. The fraction of sp³-hybridized carbons (Fsp3) is 0.588. The van der Waals surface area contributed by atoms with Crippen LogP contribution in [0.4, 0.5) is 4.39 Å². The molecule has 0 spiro atoms. The lowest BCUT2D eigenvalue weighted by Gasteiger charge is -2.31. The minimum absolute atomic E-state index is 0.207. The molecule has 3 nitrogen and oxygen atoms in total. The van der Waals surface area contributed by atoms with E-state index in [1.165, 1.54) is 12.1 Å². The van der Waals surface area contributed by atoms with Crippen LogP contribution < -0.4 is 0 Å². The molecule has 0 bridgehead atoms. The van der Waals surface area contributed by atoms with Gasteiger partial charge in [0.25, 0.3) is 0 Å². The summed E-state index contributed by atoms with van der Waals surface area (Å²) < 4.78 is 13.0. The molecule has 1 rings (SSSR count). The van der Waals surface area contributed by atoms with Crippen molar-refractivity contribution in [2.45, 2.75) is 45.6 Å². The molecule has 4 heteroatoms. The molecule has 0 aromatic heterocycles. The highest BCUT2D eigenvalue weighted by Gasteiger charge is 2.19. The number of benzene rings is 1. The number of unbranched alkanes of at least 4 members (excludes halogenated alkanes) is 1. The van der Waals surface area contributed by atoms with E-state index < -0.39 is 5.97 Å². The third kappa shape index (κ3) is 6.71. The average molecular weight is 295 g/mol. The van der Waals surface area contributed by atoms with Crippen molar-refractivity contribution in [2.24, 2.45) is 5.92 Å². The van der Waals surface area contributed by atoms with Crippen molar-refractivity contribution in [2.75, 3.05) is 13.6 Å². The molecule has 21 heavy (non-hydrogen) atoms. The molecule has 1 atom stereocenters. The maximum Gasteiger partial charge on any atom is 0.303 e. The molecule has 1 unspecified atom stereocenters. The van der Waals surface area contributed by atoms with Gasteiger partial charge in [0.05, 0.1) is 0 Å².